The number of hydrogen-bond acceptors (Lipinski definition) is 7. The van der Waals surface area contributed by atoms with Crippen molar-refractivity contribution in [1.82, 2.24) is 19.5 Å². The molecule has 182 valence electrons. The largest absolute Gasteiger partial charge is 0.340 e. The molecule has 0 spiro atoms. The number of sulfonamides is 1. The maximum atomic E-state index is 12.8. The number of rotatable bonds is 8. The number of nitrogens with zero attached hydrogens (tertiary/aromatic N) is 4. The molecule has 2 aromatic heterocycles. The Labute approximate surface area is 205 Å². The summed E-state index contributed by atoms with van der Waals surface area (Å²) in [5, 5.41) is 6.45. The third-order valence-corrected chi connectivity index (χ3v) is 6.51. The van der Waals surface area contributed by atoms with Crippen LogP contribution in [0.25, 0.3) is 0 Å². The molecule has 0 aliphatic rings. The van der Waals surface area contributed by atoms with Crippen molar-refractivity contribution < 1.29 is 8.42 Å². The molecule has 35 heavy (non-hydrogen) atoms. The van der Waals surface area contributed by atoms with Crippen LogP contribution in [0.5, 0.6) is 0 Å². The fraction of sp³-hybridized carbons (Fsp3) is 0.240. The van der Waals surface area contributed by atoms with Crippen molar-refractivity contribution >= 4 is 38.9 Å². The molecule has 9 nitrogen and oxygen atoms in total. The van der Waals surface area contributed by atoms with Crippen molar-refractivity contribution in [3.8, 4) is 0 Å². The van der Waals surface area contributed by atoms with E-state index in [1.807, 2.05) is 58.0 Å². The van der Waals surface area contributed by atoms with E-state index < -0.39 is 10.0 Å². The summed E-state index contributed by atoms with van der Waals surface area (Å²) in [5.41, 5.74) is 4.07. The first kappa shape index (κ1) is 24.2. The number of anilines is 5. The van der Waals surface area contributed by atoms with E-state index in [9.17, 15) is 8.42 Å². The minimum absolute atomic E-state index is 0.00373. The van der Waals surface area contributed by atoms with Crippen molar-refractivity contribution in [2.45, 2.75) is 38.6 Å². The molecule has 0 unspecified atom stereocenters. The van der Waals surface area contributed by atoms with Crippen molar-refractivity contribution in [2.24, 2.45) is 7.05 Å². The highest BCUT2D eigenvalue weighted by atomic mass is 32.2. The number of hydrogen-bond donors (Lipinski definition) is 3. The molecular formula is C25H29N7O2S. The van der Waals surface area contributed by atoms with Gasteiger partial charge in [-0.3, -0.25) is 4.72 Å². The summed E-state index contributed by atoms with van der Waals surface area (Å²) in [6.45, 7) is 7.87. The van der Waals surface area contributed by atoms with Gasteiger partial charge in [0.1, 0.15) is 11.6 Å². The summed E-state index contributed by atoms with van der Waals surface area (Å²) in [6.07, 6.45) is 1.52. The van der Waals surface area contributed by atoms with Crippen LogP contribution in [-0.4, -0.2) is 27.9 Å². The molecule has 0 aliphatic carbocycles. The van der Waals surface area contributed by atoms with Crippen LogP contribution in [0.3, 0.4) is 0 Å². The second kappa shape index (κ2) is 9.75. The molecule has 0 aliphatic heterocycles. The minimum Gasteiger partial charge on any atom is -0.340 e. The first-order valence-corrected chi connectivity index (χ1v) is 12.7. The highest BCUT2D eigenvalue weighted by Crippen LogP contribution is 2.23. The highest BCUT2D eigenvalue weighted by Gasteiger charge is 2.20. The van der Waals surface area contributed by atoms with Crippen molar-refractivity contribution in [3.05, 3.63) is 77.9 Å². The van der Waals surface area contributed by atoms with Crippen LogP contribution in [0.4, 0.5) is 28.8 Å². The van der Waals surface area contributed by atoms with E-state index in [2.05, 4.69) is 30.3 Å². The molecule has 10 heteroatoms. The maximum absolute atomic E-state index is 12.8. The third kappa shape index (κ3) is 5.96. The average Bonchev–Trinajstić information content (AvgIpc) is 3.19. The van der Waals surface area contributed by atoms with E-state index >= 15 is 0 Å². The van der Waals surface area contributed by atoms with Crippen LogP contribution in [0.1, 0.15) is 36.8 Å². The molecule has 0 amide bonds. The van der Waals surface area contributed by atoms with Gasteiger partial charge in [-0.15, -0.1) is 0 Å². The first-order valence-electron chi connectivity index (χ1n) is 11.2. The van der Waals surface area contributed by atoms with Crippen LogP contribution < -0.4 is 15.4 Å². The molecule has 3 N–H and O–H groups in total. The molecule has 2 aromatic carbocycles. The topological polar surface area (TPSA) is 114 Å². The summed E-state index contributed by atoms with van der Waals surface area (Å²) < 4.78 is 29.9. The van der Waals surface area contributed by atoms with Gasteiger partial charge in [0.05, 0.1) is 0 Å². The van der Waals surface area contributed by atoms with Crippen molar-refractivity contribution in [1.29, 1.82) is 0 Å². The Balaban J connectivity index is 1.46. The van der Waals surface area contributed by atoms with E-state index in [0.717, 1.165) is 17.1 Å². The minimum atomic E-state index is -3.80. The van der Waals surface area contributed by atoms with Crippen molar-refractivity contribution in [3.63, 3.8) is 0 Å². The lowest BCUT2D eigenvalue weighted by Crippen LogP contribution is -2.13. The van der Waals surface area contributed by atoms with Gasteiger partial charge in [0.15, 0.2) is 5.03 Å². The van der Waals surface area contributed by atoms with E-state index in [-0.39, 0.29) is 10.9 Å². The van der Waals surface area contributed by atoms with Gasteiger partial charge in [-0.1, -0.05) is 31.5 Å². The first-order chi connectivity index (χ1) is 16.6. The monoisotopic (exact) mass is 491 g/mol. The van der Waals surface area contributed by atoms with Crippen LogP contribution >= 0.6 is 0 Å². The maximum Gasteiger partial charge on any atom is 0.280 e. The fourth-order valence-electron chi connectivity index (χ4n) is 3.55. The lowest BCUT2D eigenvalue weighted by atomic mass is 10.2. The second-order valence-electron chi connectivity index (χ2n) is 8.72. The predicted molar refractivity (Wildman–Crippen MR) is 139 cm³/mol. The van der Waals surface area contributed by atoms with Gasteiger partial charge >= 0.3 is 0 Å². The Hall–Kier alpha value is -3.92. The van der Waals surface area contributed by atoms with Gasteiger partial charge in [0, 0.05) is 48.0 Å². The number of aryl methyl sites for hydroxylation is 3. The molecule has 0 saturated carbocycles. The quantitative estimate of drug-likeness (QED) is 0.309. The highest BCUT2D eigenvalue weighted by molar-refractivity contribution is 7.92. The molecule has 0 saturated heterocycles. The lowest BCUT2D eigenvalue weighted by Gasteiger charge is -2.11. The van der Waals surface area contributed by atoms with Crippen LogP contribution in [0.2, 0.25) is 0 Å². The summed E-state index contributed by atoms with van der Waals surface area (Å²) >= 11 is 0. The van der Waals surface area contributed by atoms with Crippen molar-refractivity contribution in [2.75, 3.05) is 15.4 Å². The Morgan fingerprint density at radius 3 is 2.06 bits per heavy atom. The summed E-state index contributed by atoms with van der Waals surface area (Å²) in [7, 11) is -2.01. The molecule has 0 atom stereocenters. The van der Waals surface area contributed by atoms with E-state index in [4.69, 9.17) is 0 Å². The predicted octanol–water partition coefficient (Wildman–Crippen LogP) is 5.24. The van der Waals surface area contributed by atoms with Gasteiger partial charge in [-0.2, -0.15) is 13.4 Å². The normalized spacial score (nSPS) is 11.5. The second-order valence-corrected chi connectivity index (χ2v) is 10.3. The van der Waals surface area contributed by atoms with Gasteiger partial charge in [-0.25, -0.2) is 9.97 Å². The molecular weight excluding hydrogens is 462 g/mol. The van der Waals surface area contributed by atoms with Gasteiger partial charge < -0.3 is 15.2 Å². The standard InChI is InChI=1S/C25H29N7O2S/c1-16(2)24-30-23(15-32(24)5)35(33,34)31-21-12-10-19(11-13-21)27-22-14-18(4)26-25(29-22)28-20-8-6-17(3)7-9-20/h6-16,31H,1-5H3,(H2,26,27,28,29). The van der Waals surface area contributed by atoms with E-state index in [0.29, 0.717) is 23.3 Å². The van der Waals surface area contributed by atoms with Gasteiger partial charge in [0.2, 0.25) is 5.95 Å². The molecule has 2 heterocycles. The Bertz CT molecular complexity index is 1430. The molecule has 0 radical (unpaired) electrons. The third-order valence-electron chi connectivity index (χ3n) is 5.25. The SMILES string of the molecule is Cc1ccc(Nc2nc(C)cc(Nc3ccc(NS(=O)(=O)c4cn(C)c(C(C)C)n4)cc3)n2)cc1. The van der Waals surface area contributed by atoms with Crippen LogP contribution in [0, 0.1) is 13.8 Å². The number of aromatic nitrogens is 4. The zero-order valence-corrected chi connectivity index (χ0v) is 21.2. The molecule has 0 fully saturated rings. The summed E-state index contributed by atoms with van der Waals surface area (Å²) in [6, 6.07) is 16.8. The number of imidazole rings is 1. The number of benzene rings is 2. The Morgan fingerprint density at radius 2 is 1.43 bits per heavy atom. The zero-order chi connectivity index (χ0) is 25.2. The van der Waals surface area contributed by atoms with E-state index in [1.165, 1.54) is 11.8 Å². The Morgan fingerprint density at radius 1 is 0.829 bits per heavy atom. The van der Waals surface area contributed by atoms with Gasteiger partial charge in [0.25, 0.3) is 10.0 Å². The van der Waals surface area contributed by atoms with Gasteiger partial charge in [-0.05, 0) is 50.2 Å². The summed E-state index contributed by atoms with van der Waals surface area (Å²) in [4.78, 5) is 13.3. The van der Waals surface area contributed by atoms with Crippen LogP contribution in [0.15, 0.2) is 65.8 Å². The Kier molecular flexibility index (Phi) is 6.74. The fourth-order valence-corrected chi connectivity index (χ4v) is 4.61. The summed E-state index contributed by atoms with van der Waals surface area (Å²) in [5.74, 6) is 1.93. The zero-order valence-electron chi connectivity index (χ0n) is 20.4. The average molecular weight is 492 g/mol. The molecule has 4 rings (SSSR count). The smallest absolute Gasteiger partial charge is 0.280 e. The lowest BCUT2D eigenvalue weighted by molar-refractivity contribution is 0.597. The van der Waals surface area contributed by atoms with Crippen LogP contribution in [-0.2, 0) is 17.1 Å². The number of nitrogens with one attached hydrogen (secondary N) is 3. The molecule has 0 bridgehead atoms. The van der Waals surface area contributed by atoms with E-state index in [1.54, 1.807) is 35.9 Å². The molecule has 4 aromatic rings.